The minimum absolute atomic E-state index is 0.0223. The molecule has 0 atom stereocenters. The molecule has 0 saturated carbocycles. The van der Waals surface area contributed by atoms with Crippen LogP contribution >= 0.6 is 12.2 Å². The number of H-pyrrole nitrogens is 1. The molecule has 3 N–H and O–H groups in total. The number of hydrogen-bond acceptors (Lipinski definition) is 6. The zero-order valence-electron chi connectivity index (χ0n) is 16.4. The third kappa shape index (κ3) is 4.77. The molecule has 3 aromatic rings. The van der Waals surface area contributed by atoms with E-state index in [1.165, 1.54) is 29.8 Å². The van der Waals surface area contributed by atoms with E-state index in [1.54, 1.807) is 0 Å². The molecule has 168 valence electrons. The topological polar surface area (TPSA) is 122 Å². The molecule has 0 unspecified atom stereocenters. The summed E-state index contributed by atoms with van der Waals surface area (Å²) in [6, 6.07) is 6.57. The van der Waals surface area contributed by atoms with Crippen molar-refractivity contribution in [3.63, 3.8) is 0 Å². The van der Waals surface area contributed by atoms with E-state index in [0.717, 1.165) is 12.1 Å². The lowest BCUT2D eigenvalue weighted by Gasteiger charge is -2.11. The molecule has 0 bridgehead atoms. The van der Waals surface area contributed by atoms with Gasteiger partial charge in [0.2, 0.25) is 0 Å². The Balaban J connectivity index is 1.67. The van der Waals surface area contributed by atoms with Crippen LogP contribution in [0.3, 0.4) is 0 Å². The molecule has 3 rings (SSSR count). The average molecular weight is 467 g/mol. The van der Waals surface area contributed by atoms with Crippen LogP contribution in [-0.4, -0.2) is 33.5 Å². The van der Waals surface area contributed by atoms with Gasteiger partial charge in [-0.15, -0.1) is 0 Å². The third-order valence-electron chi connectivity index (χ3n) is 4.61. The number of aromatic amines is 1. The molecule has 0 aliphatic rings. The summed E-state index contributed by atoms with van der Waals surface area (Å²) in [5, 5.41) is 16.7. The van der Waals surface area contributed by atoms with Gasteiger partial charge < -0.3 is 15.6 Å². The van der Waals surface area contributed by atoms with Gasteiger partial charge in [0.05, 0.1) is 21.4 Å². The first-order valence-corrected chi connectivity index (χ1v) is 9.50. The molecular formula is C19H16F3N5O4S. The molecule has 1 aromatic heterocycles. The van der Waals surface area contributed by atoms with Crippen LogP contribution in [0, 0.1) is 14.9 Å². The summed E-state index contributed by atoms with van der Waals surface area (Å²) in [7, 11) is 1.52. The molecule has 0 aliphatic carbocycles. The van der Waals surface area contributed by atoms with Crippen molar-refractivity contribution in [2.75, 3.05) is 18.4 Å². The SMILES string of the molecule is Cn1c(=S)[nH]c2cc(C(=O)NCCNc3ccc(C(F)(F)F)cc3[N+](=O)[O-])ccc2c1=O. The molecule has 2 aromatic carbocycles. The fraction of sp³-hybridized carbons (Fsp3) is 0.211. The summed E-state index contributed by atoms with van der Waals surface area (Å²) in [5.74, 6) is -0.476. The minimum Gasteiger partial charge on any atom is -0.378 e. The van der Waals surface area contributed by atoms with E-state index in [1.807, 2.05) is 0 Å². The number of aromatic nitrogens is 2. The van der Waals surface area contributed by atoms with Gasteiger partial charge in [0, 0.05) is 31.8 Å². The zero-order chi connectivity index (χ0) is 23.6. The quantitative estimate of drug-likeness (QED) is 0.221. The summed E-state index contributed by atoms with van der Waals surface area (Å²) in [4.78, 5) is 37.6. The van der Waals surface area contributed by atoms with Crippen molar-refractivity contribution in [1.29, 1.82) is 0 Å². The Bertz CT molecular complexity index is 1330. The van der Waals surface area contributed by atoms with Gasteiger partial charge >= 0.3 is 6.18 Å². The van der Waals surface area contributed by atoms with Gasteiger partial charge in [-0.05, 0) is 42.5 Å². The van der Waals surface area contributed by atoms with E-state index in [0.29, 0.717) is 17.0 Å². The van der Waals surface area contributed by atoms with Gasteiger partial charge in [-0.3, -0.25) is 24.3 Å². The number of halogens is 3. The standard InChI is InChI=1S/C19H16F3N5O4S/c1-26-17(29)12-4-2-10(8-14(12)25-18(26)32)16(28)24-7-6-23-13-5-3-11(19(20,21)22)9-15(13)27(30)31/h2-5,8-9,23H,6-7H2,1H3,(H,24,28)(H,25,32). The number of fused-ring (bicyclic) bond motifs is 1. The number of nitro groups is 1. The molecule has 0 fully saturated rings. The summed E-state index contributed by atoms with van der Waals surface area (Å²) in [5.41, 5.74) is -1.63. The first kappa shape index (κ1) is 22.9. The smallest absolute Gasteiger partial charge is 0.378 e. The van der Waals surface area contributed by atoms with Gasteiger partial charge in [-0.2, -0.15) is 13.2 Å². The van der Waals surface area contributed by atoms with Crippen LogP contribution in [0.2, 0.25) is 0 Å². The van der Waals surface area contributed by atoms with E-state index < -0.39 is 28.3 Å². The van der Waals surface area contributed by atoms with Crippen molar-refractivity contribution in [2.45, 2.75) is 6.18 Å². The number of nitrogens with one attached hydrogen (secondary N) is 3. The Morgan fingerprint density at radius 1 is 1.22 bits per heavy atom. The van der Waals surface area contributed by atoms with Crippen molar-refractivity contribution >= 4 is 40.4 Å². The fourth-order valence-electron chi connectivity index (χ4n) is 2.93. The van der Waals surface area contributed by atoms with E-state index in [2.05, 4.69) is 15.6 Å². The predicted octanol–water partition coefficient (Wildman–Crippen LogP) is 3.36. The third-order valence-corrected chi connectivity index (χ3v) is 4.99. The highest BCUT2D eigenvalue weighted by Crippen LogP contribution is 2.34. The van der Waals surface area contributed by atoms with Gasteiger partial charge in [-0.25, -0.2) is 0 Å². The second-order valence-electron chi connectivity index (χ2n) is 6.72. The predicted molar refractivity (Wildman–Crippen MR) is 113 cm³/mol. The molecule has 9 nitrogen and oxygen atoms in total. The molecule has 0 saturated heterocycles. The van der Waals surface area contributed by atoms with Crippen molar-refractivity contribution in [2.24, 2.45) is 7.05 Å². The lowest BCUT2D eigenvalue weighted by Crippen LogP contribution is -2.29. The van der Waals surface area contributed by atoms with Crippen LogP contribution in [0.4, 0.5) is 24.5 Å². The molecular weight excluding hydrogens is 451 g/mol. The van der Waals surface area contributed by atoms with Gasteiger partial charge in [-0.1, -0.05) is 0 Å². The van der Waals surface area contributed by atoms with Crippen LogP contribution in [0.25, 0.3) is 10.9 Å². The molecule has 0 spiro atoms. The van der Waals surface area contributed by atoms with Gasteiger partial charge in [0.25, 0.3) is 17.2 Å². The van der Waals surface area contributed by atoms with Crippen molar-refractivity contribution < 1.29 is 22.9 Å². The Labute approximate surface area is 183 Å². The van der Waals surface area contributed by atoms with Crippen molar-refractivity contribution in [3.05, 3.63) is 72.8 Å². The van der Waals surface area contributed by atoms with E-state index in [4.69, 9.17) is 12.2 Å². The highest BCUT2D eigenvalue weighted by Gasteiger charge is 2.33. The number of benzene rings is 2. The number of anilines is 1. The molecule has 32 heavy (non-hydrogen) atoms. The Morgan fingerprint density at radius 3 is 2.59 bits per heavy atom. The lowest BCUT2D eigenvalue weighted by atomic mass is 10.1. The van der Waals surface area contributed by atoms with Crippen molar-refractivity contribution in [1.82, 2.24) is 14.9 Å². The van der Waals surface area contributed by atoms with Crippen LogP contribution in [0.5, 0.6) is 0 Å². The molecule has 0 aliphatic heterocycles. The van der Waals surface area contributed by atoms with Gasteiger partial charge in [0.1, 0.15) is 5.69 Å². The van der Waals surface area contributed by atoms with Crippen molar-refractivity contribution in [3.8, 4) is 0 Å². The molecule has 13 heteroatoms. The Hall–Kier alpha value is -3.74. The first-order chi connectivity index (χ1) is 15.0. The average Bonchev–Trinajstić information content (AvgIpc) is 2.73. The summed E-state index contributed by atoms with van der Waals surface area (Å²) in [6.07, 6.45) is -4.70. The van der Waals surface area contributed by atoms with E-state index in [-0.39, 0.29) is 34.7 Å². The lowest BCUT2D eigenvalue weighted by molar-refractivity contribution is -0.384. The number of nitrogens with zero attached hydrogens (tertiary/aromatic N) is 2. The largest absolute Gasteiger partial charge is 0.416 e. The molecule has 0 radical (unpaired) electrons. The fourth-order valence-corrected chi connectivity index (χ4v) is 3.12. The monoisotopic (exact) mass is 467 g/mol. The number of nitro benzene ring substituents is 1. The number of hydrogen-bond donors (Lipinski definition) is 3. The normalized spacial score (nSPS) is 11.4. The number of carbonyl (C=O) groups is 1. The van der Waals surface area contributed by atoms with Gasteiger partial charge in [0.15, 0.2) is 4.77 Å². The number of rotatable bonds is 6. The van der Waals surface area contributed by atoms with Crippen LogP contribution in [-0.2, 0) is 13.2 Å². The molecule has 1 heterocycles. The minimum atomic E-state index is -4.70. The summed E-state index contributed by atoms with van der Waals surface area (Å²) in [6.45, 7) is 0.0517. The van der Waals surface area contributed by atoms with Crippen LogP contribution in [0.15, 0.2) is 41.2 Å². The summed E-state index contributed by atoms with van der Waals surface area (Å²) < 4.78 is 39.8. The highest BCUT2D eigenvalue weighted by atomic mass is 32.1. The zero-order valence-corrected chi connectivity index (χ0v) is 17.3. The number of amides is 1. The maximum absolute atomic E-state index is 12.8. The van der Waals surface area contributed by atoms with Crippen LogP contribution in [0.1, 0.15) is 15.9 Å². The van der Waals surface area contributed by atoms with E-state index in [9.17, 15) is 32.9 Å². The second-order valence-corrected chi connectivity index (χ2v) is 7.11. The van der Waals surface area contributed by atoms with Crippen LogP contribution < -0.4 is 16.2 Å². The number of carbonyl (C=O) groups excluding carboxylic acids is 1. The van der Waals surface area contributed by atoms with E-state index >= 15 is 0 Å². The highest BCUT2D eigenvalue weighted by molar-refractivity contribution is 7.71. The summed E-state index contributed by atoms with van der Waals surface area (Å²) >= 11 is 5.05. The molecule has 1 amide bonds. The first-order valence-electron chi connectivity index (χ1n) is 9.10. The maximum Gasteiger partial charge on any atom is 0.416 e. The maximum atomic E-state index is 12.8. The number of alkyl halides is 3. The Morgan fingerprint density at radius 2 is 1.94 bits per heavy atom. The Kier molecular flexibility index (Phi) is 6.30. The second kappa shape index (κ2) is 8.78.